The van der Waals surface area contributed by atoms with Crippen LogP contribution in [0, 0.1) is 5.41 Å². The zero-order valence-corrected chi connectivity index (χ0v) is 15.5. The predicted molar refractivity (Wildman–Crippen MR) is 101 cm³/mol. The molecule has 0 bridgehead atoms. The van der Waals surface area contributed by atoms with E-state index in [2.05, 4.69) is 10.6 Å². The summed E-state index contributed by atoms with van der Waals surface area (Å²) in [4.78, 5) is 25.5. The summed E-state index contributed by atoms with van der Waals surface area (Å²) < 4.78 is 15.6. The largest absolute Gasteiger partial charge is 0.497 e. The van der Waals surface area contributed by atoms with E-state index in [1.54, 1.807) is 49.6 Å². The van der Waals surface area contributed by atoms with Gasteiger partial charge in [-0.2, -0.15) is 0 Å². The molecule has 2 aromatic rings. The van der Waals surface area contributed by atoms with Gasteiger partial charge in [0.05, 0.1) is 27.0 Å². The van der Waals surface area contributed by atoms with E-state index in [1.165, 1.54) is 14.2 Å². The van der Waals surface area contributed by atoms with Crippen molar-refractivity contribution in [1.29, 1.82) is 0 Å². The average molecular weight is 370 g/mol. The molecule has 0 saturated heterocycles. The normalized spacial score (nSPS) is 14.0. The van der Waals surface area contributed by atoms with E-state index in [0.29, 0.717) is 41.5 Å². The number of benzene rings is 2. The van der Waals surface area contributed by atoms with Crippen LogP contribution in [0.15, 0.2) is 42.5 Å². The third-order valence-corrected chi connectivity index (χ3v) is 4.62. The first-order chi connectivity index (χ1) is 13.0. The monoisotopic (exact) mass is 370 g/mol. The number of rotatable bonds is 7. The van der Waals surface area contributed by atoms with E-state index in [1.807, 2.05) is 0 Å². The molecule has 7 heteroatoms. The predicted octanol–water partition coefficient (Wildman–Crippen LogP) is 3.07. The number of anilines is 2. The van der Waals surface area contributed by atoms with Gasteiger partial charge in [0.25, 0.3) is 0 Å². The Morgan fingerprint density at radius 3 is 1.96 bits per heavy atom. The van der Waals surface area contributed by atoms with E-state index in [-0.39, 0.29) is 11.8 Å². The Morgan fingerprint density at radius 1 is 0.815 bits per heavy atom. The molecule has 27 heavy (non-hydrogen) atoms. The second-order valence-electron chi connectivity index (χ2n) is 6.29. The number of amides is 2. The van der Waals surface area contributed by atoms with Gasteiger partial charge in [0.2, 0.25) is 11.8 Å². The quantitative estimate of drug-likeness (QED) is 0.732. The van der Waals surface area contributed by atoms with Gasteiger partial charge in [-0.05, 0) is 49.2 Å². The van der Waals surface area contributed by atoms with Gasteiger partial charge in [0.15, 0.2) is 0 Å². The average Bonchev–Trinajstić information content (AvgIpc) is 3.50. The molecule has 1 aliphatic rings. The highest BCUT2D eigenvalue weighted by Gasteiger charge is 2.56. The van der Waals surface area contributed by atoms with Crippen molar-refractivity contribution in [3.8, 4) is 17.2 Å². The van der Waals surface area contributed by atoms with E-state index < -0.39 is 5.41 Å². The Bertz CT molecular complexity index is 844. The van der Waals surface area contributed by atoms with Gasteiger partial charge >= 0.3 is 0 Å². The molecule has 0 radical (unpaired) electrons. The molecule has 7 nitrogen and oxygen atoms in total. The maximum absolute atomic E-state index is 12.8. The molecule has 142 valence electrons. The van der Waals surface area contributed by atoms with Gasteiger partial charge in [-0.25, -0.2) is 0 Å². The van der Waals surface area contributed by atoms with E-state index >= 15 is 0 Å². The van der Waals surface area contributed by atoms with Gasteiger partial charge in [-0.15, -0.1) is 0 Å². The highest BCUT2D eigenvalue weighted by atomic mass is 16.5. The fourth-order valence-electron chi connectivity index (χ4n) is 2.76. The molecule has 2 N–H and O–H groups in total. The van der Waals surface area contributed by atoms with Crippen LogP contribution in [0.1, 0.15) is 12.8 Å². The Hall–Kier alpha value is -3.22. The fraction of sp³-hybridized carbons (Fsp3) is 0.300. The van der Waals surface area contributed by atoms with Gasteiger partial charge < -0.3 is 24.8 Å². The molecule has 3 rings (SSSR count). The Kier molecular flexibility index (Phi) is 5.21. The number of carbonyl (C=O) groups excluding carboxylic acids is 2. The molecule has 0 aliphatic heterocycles. The molecule has 0 heterocycles. The number of methoxy groups -OCH3 is 3. The van der Waals surface area contributed by atoms with Crippen LogP contribution in [0.25, 0.3) is 0 Å². The zero-order valence-electron chi connectivity index (χ0n) is 15.5. The van der Waals surface area contributed by atoms with Crippen molar-refractivity contribution in [2.24, 2.45) is 5.41 Å². The minimum absolute atomic E-state index is 0.327. The summed E-state index contributed by atoms with van der Waals surface area (Å²) in [6.07, 6.45) is 0.986. The Labute approximate surface area is 157 Å². The summed E-state index contributed by atoms with van der Waals surface area (Å²) >= 11 is 0. The van der Waals surface area contributed by atoms with Crippen LogP contribution in [0.4, 0.5) is 11.4 Å². The van der Waals surface area contributed by atoms with Crippen molar-refractivity contribution in [2.75, 3.05) is 32.0 Å². The number of ether oxygens (including phenoxy) is 3. The molecule has 0 spiro atoms. The number of carbonyl (C=O) groups is 2. The zero-order chi connectivity index (χ0) is 19.4. The molecule has 1 fully saturated rings. The molecule has 2 amide bonds. The van der Waals surface area contributed by atoms with Gasteiger partial charge in [0, 0.05) is 11.8 Å². The first kappa shape index (κ1) is 18.6. The van der Waals surface area contributed by atoms with E-state index in [4.69, 9.17) is 14.2 Å². The van der Waals surface area contributed by atoms with Gasteiger partial charge in [-0.1, -0.05) is 0 Å². The smallest absolute Gasteiger partial charge is 0.240 e. The van der Waals surface area contributed by atoms with Crippen LogP contribution < -0.4 is 24.8 Å². The third kappa shape index (κ3) is 3.81. The fourth-order valence-corrected chi connectivity index (χ4v) is 2.76. The summed E-state index contributed by atoms with van der Waals surface area (Å²) in [5.41, 5.74) is -0.00204. The topological polar surface area (TPSA) is 85.9 Å². The second kappa shape index (κ2) is 7.57. The van der Waals surface area contributed by atoms with Crippen LogP contribution in [0.3, 0.4) is 0 Å². The van der Waals surface area contributed by atoms with Crippen molar-refractivity contribution in [3.05, 3.63) is 42.5 Å². The van der Waals surface area contributed by atoms with Crippen LogP contribution >= 0.6 is 0 Å². The van der Waals surface area contributed by atoms with E-state index in [0.717, 1.165) is 0 Å². The lowest BCUT2D eigenvalue weighted by molar-refractivity contribution is -0.131. The number of nitrogens with one attached hydrogen (secondary N) is 2. The molecule has 0 atom stereocenters. The molecule has 1 aliphatic carbocycles. The van der Waals surface area contributed by atoms with Crippen LogP contribution in [0.5, 0.6) is 17.2 Å². The van der Waals surface area contributed by atoms with E-state index in [9.17, 15) is 9.59 Å². The summed E-state index contributed by atoms with van der Waals surface area (Å²) in [6.45, 7) is 0. The van der Waals surface area contributed by atoms with Crippen LogP contribution in [-0.2, 0) is 9.59 Å². The first-order valence-electron chi connectivity index (χ1n) is 8.51. The van der Waals surface area contributed by atoms with Crippen LogP contribution in [0.2, 0.25) is 0 Å². The Balaban J connectivity index is 1.73. The Morgan fingerprint density at radius 2 is 1.41 bits per heavy atom. The van der Waals surface area contributed by atoms with Crippen molar-refractivity contribution in [1.82, 2.24) is 0 Å². The van der Waals surface area contributed by atoms with Crippen molar-refractivity contribution < 1.29 is 23.8 Å². The lowest BCUT2D eigenvalue weighted by Crippen LogP contribution is -2.35. The molecular formula is C20H22N2O5. The summed E-state index contributed by atoms with van der Waals surface area (Å²) in [5.74, 6) is 1.08. The summed E-state index contributed by atoms with van der Waals surface area (Å²) in [7, 11) is 4.63. The molecule has 0 aromatic heterocycles. The van der Waals surface area contributed by atoms with Crippen molar-refractivity contribution >= 4 is 23.2 Å². The summed E-state index contributed by atoms with van der Waals surface area (Å²) in [5, 5.41) is 5.60. The van der Waals surface area contributed by atoms with Crippen molar-refractivity contribution in [2.45, 2.75) is 12.8 Å². The minimum Gasteiger partial charge on any atom is -0.497 e. The van der Waals surface area contributed by atoms with Gasteiger partial charge in [0.1, 0.15) is 22.7 Å². The molecule has 2 aromatic carbocycles. The maximum atomic E-state index is 12.8. The highest BCUT2D eigenvalue weighted by Crippen LogP contribution is 2.48. The molecule has 1 saturated carbocycles. The molecule has 0 unspecified atom stereocenters. The highest BCUT2D eigenvalue weighted by molar-refractivity contribution is 6.17. The minimum atomic E-state index is -1.08. The SMILES string of the molecule is COc1ccc(NC(=O)C2(C(=O)Nc3cc(OC)ccc3OC)CC2)cc1. The third-order valence-electron chi connectivity index (χ3n) is 4.62. The molecular weight excluding hydrogens is 348 g/mol. The van der Waals surface area contributed by atoms with Crippen molar-refractivity contribution in [3.63, 3.8) is 0 Å². The lowest BCUT2D eigenvalue weighted by atomic mass is 10.0. The second-order valence-corrected chi connectivity index (χ2v) is 6.29. The van der Waals surface area contributed by atoms with Crippen LogP contribution in [-0.4, -0.2) is 33.1 Å². The number of hydrogen-bond donors (Lipinski definition) is 2. The maximum Gasteiger partial charge on any atom is 0.240 e. The van der Waals surface area contributed by atoms with Gasteiger partial charge in [-0.3, -0.25) is 9.59 Å². The summed E-state index contributed by atoms with van der Waals surface area (Å²) in [6, 6.07) is 12.1. The lowest BCUT2D eigenvalue weighted by Gasteiger charge is -2.17. The number of hydrogen-bond acceptors (Lipinski definition) is 5. The standard InChI is InChI=1S/C20H22N2O5/c1-25-14-6-4-13(5-7-14)21-18(23)20(10-11-20)19(24)22-16-12-15(26-2)8-9-17(16)27-3/h4-9,12H,10-11H2,1-3H3,(H,21,23)(H,22,24). The first-order valence-corrected chi connectivity index (χ1v) is 8.51.